The van der Waals surface area contributed by atoms with Gasteiger partial charge in [-0.2, -0.15) is 0 Å². The quantitative estimate of drug-likeness (QED) is 0.904. The van der Waals surface area contributed by atoms with Crippen molar-refractivity contribution >= 4 is 11.4 Å². The molecule has 1 atom stereocenters. The van der Waals surface area contributed by atoms with Crippen LogP contribution in [0.3, 0.4) is 0 Å². The normalized spacial score (nSPS) is 16.4. The number of fused-ring (bicyclic) bond motifs is 1. The molecule has 1 aromatic heterocycles. The van der Waals surface area contributed by atoms with Crippen LogP contribution in [-0.4, -0.2) is 16.6 Å². The van der Waals surface area contributed by atoms with Gasteiger partial charge in [-0.25, -0.2) is 0 Å². The fourth-order valence-electron chi connectivity index (χ4n) is 2.76. The van der Waals surface area contributed by atoms with Crippen molar-refractivity contribution in [3.05, 3.63) is 53.9 Å². The van der Waals surface area contributed by atoms with E-state index in [1.807, 2.05) is 12.3 Å². The number of anilines is 2. The number of aliphatic hydroxyl groups excluding tert-OH is 1. The van der Waals surface area contributed by atoms with Gasteiger partial charge in [-0.05, 0) is 49.9 Å². The van der Waals surface area contributed by atoms with Crippen LogP contribution in [0.2, 0.25) is 0 Å². The molecule has 1 aliphatic heterocycles. The molecule has 0 saturated heterocycles. The van der Waals surface area contributed by atoms with Gasteiger partial charge < -0.3 is 10.0 Å². The van der Waals surface area contributed by atoms with Crippen molar-refractivity contribution in [3.63, 3.8) is 0 Å². The molecule has 1 aromatic carbocycles. The fraction of sp³-hybridized carbons (Fsp3) is 0.353. The lowest BCUT2D eigenvalue weighted by atomic mass is 10.1. The van der Waals surface area contributed by atoms with Crippen molar-refractivity contribution in [1.29, 1.82) is 0 Å². The van der Waals surface area contributed by atoms with Crippen molar-refractivity contribution in [3.8, 4) is 0 Å². The average molecular weight is 268 g/mol. The topological polar surface area (TPSA) is 36.4 Å². The summed E-state index contributed by atoms with van der Waals surface area (Å²) in [5, 5.41) is 9.55. The zero-order valence-corrected chi connectivity index (χ0v) is 11.8. The third kappa shape index (κ3) is 2.54. The number of para-hydroxylation sites is 1. The van der Waals surface area contributed by atoms with E-state index in [0.717, 1.165) is 24.3 Å². The van der Waals surface area contributed by atoms with Crippen molar-refractivity contribution in [1.82, 2.24) is 4.98 Å². The van der Waals surface area contributed by atoms with Crippen LogP contribution in [0.4, 0.5) is 11.4 Å². The maximum atomic E-state index is 9.55. The SMILES string of the molecule is CC(O)c1ccc(N2CCCCc3ccccc32)cn1. The van der Waals surface area contributed by atoms with E-state index in [0.29, 0.717) is 0 Å². The minimum absolute atomic E-state index is 0.513. The molecule has 0 saturated carbocycles. The molecule has 2 aromatic rings. The number of aryl methyl sites for hydroxylation is 1. The second-order valence-corrected chi connectivity index (χ2v) is 5.35. The summed E-state index contributed by atoms with van der Waals surface area (Å²) in [4.78, 5) is 6.70. The number of aromatic nitrogens is 1. The zero-order valence-electron chi connectivity index (χ0n) is 11.8. The van der Waals surface area contributed by atoms with Gasteiger partial charge in [0.05, 0.1) is 23.7 Å². The van der Waals surface area contributed by atoms with Gasteiger partial charge >= 0.3 is 0 Å². The Bertz CT molecular complexity index is 578. The van der Waals surface area contributed by atoms with Crippen LogP contribution in [0, 0.1) is 0 Å². The molecule has 0 bridgehead atoms. The van der Waals surface area contributed by atoms with Crippen LogP contribution in [0.1, 0.15) is 37.1 Å². The van der Waals surface area contributed by atoms with E-state index >= 15 is 0 Å². The van der Waals surface area contributed by atoms with E-state index in [1.54, 1.807) is 6.92 Å². The highest BCUT2D eigenvalue weighted by atomic mass is 16.3. The zero-order chi connectivity index (χ0) is 13.9. The van der Waals surface area contributed by atoms with E-state index in [-0.39, 0.29) is 0 Å². The number of hydrogen-bond donors (Lipinski definition) is 1. The van der Waals surface area contributed by atoms with Crippen LogP contribution in [-0.2, 0) is 6.42 Å². The molecule has 3 rings (SSSR count). The van der Waals surface area contributed by atoms with Crippen molar-refractivity contribution < 1.29 is 5.11 Å². The van der Waals surface area contributed by atoms with E-state index in [9.17, 15) is 5.11 Å². The van der Waals surface area contributed by atoms with Crippen LogP contribution >= 0.6 is 0 Å². The Hall–Kier alpha value is -1.87. The highest BCUT2D eigenvalue weighted by molar-refractivity contribution is 5.66. The van der Waals surface area contributed by atoms with Gasteiger partial charge in [0.2, 0.25) is 0 Å². The molecule has 0 fully saturated rings. The predicted octanol–water partition coefficient (Wildman–Crippen LogP) is 3.61. The molecule has 1 N–H and O–H groups in total. The van der Waals surface area contributed by atoms with Gasteiger partial charge in [-0.3, -0.25) is 4.98 Å². The predicted molar refractivity (Wildman–Crippen MR) is 81.3 cm³/mol. The molecule has 3 nitrogen and oxygen atoms in total. The van der Waals surface area contributed by atoms with E-state index in [2.05, 4.69) is 40.2 Å². The Kier molecular flexibility index (Phi) is 3.70. The fourth-order valence-corrected chi connectivity index (χ4v) is 2.76. The molecule has 0 aliphatic carbocycles. The lowest BCUT2D eigenvalue weighted by Crippen LogP contribution is -2.18. The Labute approximate surface area is 119 Å². The monoisotopic (exact) mass is 268 g/mol. The number of hydrogen-bond acceptors (Lipinski definition) is 3. The smallest absolute Gasteiger partial charge is 0.0931 e. The molecule has 0 amide bonds. The molecule has 104 valence electrons. The number of rotatable bonds is 2. The molecular formula is C17H20N2O. The Morgan fingerprint density at radius 2 is 2.00 bits per heavy atom. The summed E-state index contributed by atoms with van der Waals surface area (Å²) in [6, 6.07) is 12.6. The summed E-state index contributed by atoms with van der Waals surface area (Å²) >= 11 is 0. The Morgan fingerprint density at radius 1 is 1.15 bits per heavy atom. The minimum Gasteiger partial charge on any atom is -0.387 e. The molecule has 1 aliphatic rings. The van der Waals surface area contributed by atoms with Crippen LogP contribution in [0.25, 0.3) is 0 Å². The van der Waals surface area contributed by atoms with Gasteiger partial charge in [0.25, 0.3) is 0 Å². The first-order valence-electron chi connectivity index (χ1n) is 7.25. The standard InChI is InChI=1S/C17H20N2O/c1-13(20)16-10-9-15(12-18-16)19-11-5-4-7-14-6-2-3-8-17(14)19/h2-3,6,8-10,12-13,20H,4-5,7,11H2,1H3. The molecule has 2 heterocycles. The second-order valence-electron chi connectivity index (χ2n) is 5.35. The molecule has 3 heteroatoms. The summed E-state index contributed by atoms with van der Waals surface area (Å²) in [5.41, 5.74) is 4.52. The van der Waals surface area contributed by atoms with E-state index in [4.69, 9.17) is 0 Å². The summed E-state index contributed by atoms with van der Waals surface area (Å²) < 4.78 is 0. The van der Waals surface area contributed by atoms with Gasteiger partial charge in [0, 0.05) is 12.2 Å². The summed E-state index contributed by atoms with van der Waals surface area (Å²) in [6.07, 6.45) is 4.91. The molecule has 0 radical (unpaired) electrons. The van der Waals surface area contributed by atoms with Crippen molar-refractivity contribution in [2.24, 2.45) is 0 Å². The first-order valence-corrected chi connectivity index (χ1v) is 7.25. The third-order valence-electron chi connectivity index (χ3n) is 3.87. The first kappa shape index (κ1) is 13.1. The van der Waals surface area contributed by atoms with Crippen LogP contribution in [0.5, 0.6) is 0 Å². The summed E-state index contributed by atoms with van der Waals surface area (Å²) in [6.45, 7) is 2.76. The van der Waals surface area contributed by atoms with Gasteiger partial charge in [0.1, 0.15) is 0 Å². The Balaban J connectivity index is 1.97. The van der Waals surface area contributed by atoms with Gasteiger partial charge in [-0.1, -0.05) is 18.2 Å². The first-order chi connectivity index (χ1) is 9.75. The second kappa shape index (κ2) is 5.63. The van der Waals surface area contributed by atoms with E-state index < -0.39 is 6.10 Å². The maximum Gasteiger partial charge on any atom is 0.0931 e. The van der Waals surface area contributed by atoms with Crippen LogP contribution in [0.15, 0.2) is 42.6 Å². The molecule has 0 spiro atoms. The number of nitrogens with zero attached hydrogens (tertiary/aromatic N) is 2. The third-order valence-corrected chi connectivity index (χ3v) is 3.87. The van der Waals surface area contributed by atoms with Crippen LogP contribution < -0.4 is 4.90 Å². The van der Waals surface area contributed by atoms with Crippen molar-refractivity contribution in [2.45, 2.75) is 32.3 Å². The minimum atomic E-state index is -0.513. The highest BCUT2D eigenvalue weighted by Gasteiger charge is 2.16. The molecular weight excluding hydrogens is 248 g/mol. The highest BCUT2D eigenvalue weighted by Crippen LogP contribution is 2.32. The van der Waals surface area contributed by atoms with Gasteiger partial charge in [0.15, 0.2) is 0 Å². The van der Waals surface area contributed by atoms with E-state index in [1.165, 1.54) is 24.1 Å². The largest absolute Gasteiger partial charge is 0.387 e. The molecule has 1 unspecified atom stereocenters. The lowest BCUT2D eigenvalue weighted by Gasteiger charge is -2.25. The maximum absolute atomic E-state index is 9.55. The lowest BCUT2D eigenvalue weighted by molar-refractivity contribution is 0.194. The van der Waals surface area contributed by atoms with Gasteiger partial charge in [-0.15, -0.1) is 0 Å². The molecule has 20 heavy (non-hydrogen) atoms. The number of aliphatic hydroxyl groups is 1. The number of pyridine rings is 1. The number of benzene rings is 1. The summed E-state index contributed by atoms with van der Waals surface area (Å²) in [5.74, 6) is 0. The average Bonchev–Trinajstić information content (AvgIpc) is 2.69. The Morgan fingerprint density at radius 3 is 2.75 bits per heavy atom. The summed E-state index contributed by atoms with van der Waals surface area (Å²) in [7, 11) is 0. The van der Waals surface area contributed by atoms with Crippen molar-refractivity contribution in [2.75, 3.05) is 11.4 Å².